The van der Waals surface area contributed by atoms with E-state index in [-0.39, 0.29) is 11.5 Å². The van der Waals surface area contributed by atoms with Crippen LogP contribution in [0.4, 0.5) is 20.8 Å². The van der Waals surface area contributed by atoms with Crippen molar-refractivity contribution in [1.82, 2.24) is 35.4 Å². The molecule has 2 aliphatic rings. The first-order valence-corrected chi connectivity index (χ1v) is 11.0. The van der Waals surface area contributed by atoms with Crippen molar-refractivity contribution in [3.63, 3.8) is 0 Å². The maximum Gasteiger partial charge on any atom is 0.326 e. The third kappa shape index (κ3) is 4.16. The van der Waals surface area contributed by atoms with E-state index >= 15 is 0 Å². The molecule has 12 heteroatoms. The molecule has 5 N–H and O–H groups in total. The van der Waals surface area contributed by atoms with Crippen molar-refractivity contribution in [2.75, 3.05) is 10.6 Å². The van der Waals surface area contributed by atoms with Crippen molar-refractivity contribution < 1.29 is 14.0 Å². The van der Waals surface area contributed by atoms with E-state index in [1.54, 1.807) is 29.2 Å². The maximum absolute atomic E-state index is 13.9. The van der Waals surface area contributed by atoms with Crippen LogP contribution in [0.5, 0.6) is 0 Å². The van der Waals surface area contributed by atoms with Gasteiger partial charge in [0.25, 0.3) is 5.91 Å². The minimum Gasteiger partial charge on any atom is -0.367 e. The number of amides is 3. The fourth-order valence-electron chi connectivity index (χ4n) is 3.91. The van der Waals surface area contributed by atoms with Gasteiger partial charge in [-0.2, -0.15) is 14.7 Å². The Morgan fingerprint density at radius 3 is 2.80 bits per heavy atom. The quantitative estimate of drug-likeness (QED) is 0.205. The molecule has 3 aromatic heterocycles. The third-order valence-corrected chi connectivity index (χ3v) is 5.79. The summed E-state index contributed by atoms with van der Waals surface area (Å²) in [5.74, 6) is 0.477. The van der Waals surface area contributed by atoms with Crippen molar-refractivity contribution in [3.05, 3.63) is 65.5 Å². The average molecular weight is 473 g/mol. The van der Waals surface area contributed by atoms with Gasteiger partial charge >= 0.3 is 6.03 Å². The van der Waals surface area contributed by atoms with Crippen molar-refractivity contribution in [1.29, 1.82) is 0 Å². The first-order valence-electron chi connectivity index (χ1n) is 11.0. The Morgan fingerprint density at radius 2 is 2.06 bits per heavy atom. The Kier molecular flexibility index (Phi) is 4.90. The van der Waals surface area contributed by atoms with E-state index in [1.165, 1.54) is 18.2 Å². The summed E-state index contributed by atoms with van der Waals surface area (Å²) in [6, 6.07) is 6.27. The summed E-state index contributed by atoms with van der Waals surface area (Å²) in [6.45, 7) is 0.385. The number of anilines is 2. The SMILES string of the molecule is O=C1NC(=O)/C(=C/c2cnn3c(NC4CC4)cc(NCc4ccc(F)cc4-c4cn[nH]c4)nc23)N1. The summed E-state index contributed by atoms with van der Waals surface area (Å²) in [7, 11) is 0. The van der Waals surface area contributed by atoms with Gasteiger partial charge in [-0.15, -0.1) is 0 Å². The molecule has 3 amide bonds. The van der Waals surface area contributed by atoms with Crippen LogP contribution in [0.25, 0.3) is 22.9 Å². The standard InChI is InChI=1S/C23H20FN9O2/c24-15-2-1-12(17(6-15)14-9-26-27-10-14)8-25-19-7-20(29-16-3-4-16)33-21(31-19)13(11-28-33)5-18-22(34)32-23(35)30-18/h1-2,5-7,9-11,16,29H,3-4,8H2,(H,25,31)(H,26,27)(H2,30,32,34,35)/b18-5-. The van der Waals surface area contributed by atoms with E-state index < -0.39 is 11.9 Å². The first-order chi connectivity index (χ1) is 17.0. The second kappa shape index (κ2) is 8.24. The number of aromatic nitrogens is 5. The lowest BCUT2D eigenvalue weighted by atomic mass is 10.0. The molecule has 1 saturated heterocycles. The molecule has 0 atom stereocenters. The van der Waals surface area contributed by atoms with Crippen LogP contribution < -0.4 is 21.3 Å². The Hall–Kier alpha value is -4.74. The van der Waals surface area contributed by atoms with E-state index in [1.807, 2.05) is 6.07 Å². The minimum atomic E-state index is -0.572. The molecular formula is C23H20FN9O2. The number of fused-ring (bicyclic) bond motifs is 1. The largest absolute Gasteiger partial charge is 0.367 e. The van der Waals surface area contributed by atoms with Gasteiger partial charge in [0, 0.05) is 36.0 Å². The van der Waals surface area contributed by atoms with Gasteiger partial charge in [-0.25, -0.2) is 14.2 Å². The predicted octanol–water partition coefficient (Wildman–Crippen LogP) is 2.63. The summed E-state index contributed by atoms with van der Waals surface area (Å²) in [5, 5.41) is 22.6. The van der Waals surface area contributed by atoms with Gasteiger partial charge in [0.15, 0.2) is 5.65 Å². The molecule has 1 saturated carbocycles. The monoisotopic (exact) mass is 473 g/mol. The topological polar surface area (TPSA) is 141 Å². The Labute approximate surface area is 197 Å². The number of benzene rings is 1. The molecule has 35 heavy (non-hydrogen) atoms. The number of nitrogens with zero attached hydrogens (tertiary/aromatic N) is 4. The van der Waals surface area contributed by atoms with E-state index in [9.17, 15) is 14.0 Å². The van der Waals surface area contributed by atoms with E-state index in [0.717, 1.165) is 35.3 Å². The number of rotatable bonds is 7. The molecule has 1 aliphatic heterocycles. The zero-order chi connectivity index (χ0) is 23.9. The van der Waals surface area contributed by atoms with Gasteiger partial charge in [0.05, 0.1) is 12.4 Å². The Balaban J connectivity index is 1.35. The molecule has 0 spiro atoms. The van der Waals surface area contributed by atoms with Crippen molar-refractivity contribution in [2.24, 2.45) is 0 Å². The summed E-state index contributed by atoms with van der Waals surface area (Å²) in [6.07, 6.45) is 8.62. The second-order valence-electron chi connectivity index (χ2n) is 8.39. The van der Waals surface area contributed by atoms with Crippen LogP contribution in [0, 0.1) is 5.82 Å². The summed E-state index contributed by atoms with van der Waals surface area (Å²) >= 11 is 0. The normalized spacial score (nSPS) is 16.5. The van der Waals surface area contributed by atoms with Crippen LogP contribution in [0.15, 0.2) is 48.6 Å². The fourth-order valence-corrected chi connectivity index (χ4v) is 3.91. The van der Waals surface area contributed by atoms with Crippen LogP contribution in [0.1, 0.15) is 24.0 Å². The molecule has 2 fully saturated rings. The molecule has 0 radical (unpaired) electrons. The van der Waals surface area contributed by atoms with Crippen LogP contribution in [-0.4, -0.2) is 42.8 Å². The lowest BCUT2D eigenvalue weighted by Gasteiger charge is -2.13. The number of carbonyl (C=O) groups excluding carboxylic acids is 2. The lowest BCUT2D eigenvalue weighted by molar-refractivity contribution is -0.115. The molecule has 6 rings (SSSR count). The van der Waals surface area contributed by atoms with E-state index in [2.05, 4.69) is 36.6 Å². The van der Waals surface area contributed by atoms with Crippen molar-refractivity contribution in [2.45, 2.75) is 25.4 Å². The highest BCUT2D eigenvalue weighted by Gasteiger charge is 2.25. The molecule has 4 aromatic rings. The van der Waals surface area contributed by atoms with Crippen LogP contribution >= 0.6 is 0 Å². The molecule has 1 aliphatic carbocycles. The fraction of sp³-hybridized carbons (Fsp3) is 0.174. The summed E-state index contributed by atoms with van der Waals surface area (Å²) < 4.78 is 15.6. The molecule has 4 heterocycles. The Bertz CT molecular complexity index is 1490. The number of imide groups is 1. The van der Waals surface area contributed by atoms with Crippen molar-refractivity contribution in [3.8, 4) is 11.1 Å². The zero-order valence-electron chi connectivity index (χ0n) is 18.3. The van der Waals surface area contributed by atoms with Gasteiger partial charge in [-0.05, 0) is 42.2 Å². The highest BCUT2D eigenvalue weighted by Crippen LogP contribution is 2.29. The first kappa shape index (κ1) is 20.8. The smallest absolute Gasteiger partial charge is 0.326 e. The molecular weight excluding hydrogens is 453 g/mol. The maximum atomic E-state index is 13.9. The van der Waals surface area contributed by atoms with Gasteiger partial charge in [-0.3, -0.25) is 15.2 Å². The molecule has 0 bridgehead atoms. The highest BCUT2D eigenvalue weighted by atomic mass is 19.1. The number of carbonyl (C=O) groups is 2. The number of urea groups is 1. The number of aromatic amines is 1. The van der Waals surface area contributed by atoms with Crippen LogP contribution in [0.2, 0.25) is 0 Å². The molecule has 1 aromatic carbocycles. The molecule has 176 valence electrons. The van der Waals surface area contributed by atoms with E-state index in [4.69, 9.17) is 4.98 Å². The molecule has 11 nitrogen and oxygen atoms in total. The number of hydrogen-bond donors (Lipinski definition) is 5. The van der Waals surface area contributed by atoms with Gasteiger partial charge in [0.1, 0.15) is 23.1 Å². The summed E-state index contributed by atoms with van der Waals surface area (Å²) in [5.41, 5.74) is 3.57. The number of H-pyrrole nitrogens is 1. The van der Waals surface area contributed by atoms with Crippen LogP contribution in [-0.2, 0) is 11.3 Å². The predicted molar refractivity (Wildman–Crippen MR) is 126 cm³/mol. The molecule has 0 unspecified atom stereocenters. The second-order valence-corrected chi connectivity index (χ2v) is 8.39. The lowest BCUT2D eigenvalue weighted by Crippen LogP contribution is -2.22. The number of nitrogens with one attached hydrogen (secondary N) is 5. The zero-order valence-corrected chi connectivity index (χ0v) is 18.3. The van der Waals surface area contributed by atoms with Gasteiger partial charge < -0.3 is 16.0 Å². The third-order valence-electron chi connectivity index (χ3n) is 5.79. The number of halogens is 1. The van der Waals surface area contributed by atoms with E-state index in [0.29, 0.717) is 29.6 Å². The minimum absolute atomic E-state index is 0.123. The average Bonchev–Trinajstić information content (AvgIpc) is 3.19. The number of hydrogen-bond acceptors (Lipinski definition) is 7. The Morgan fingerprint density at radius 1 is 1.17 bits per heavy atom. The summed E-state index contributed by atoms with van der Waals surface area (Å²) in [4.78, 5) is 28.2. The van der Waals surface area contributed by atoms with Gasteiger partial charge in [0.2, 0.25) is 0 Å². The van der Waals surface area contributed by atoms with Crippen molar-refractivity contribution >= 4 is 35.3 Å². The highest BCUT2D eigenvalue weighted by molar-refractivity contribution is 6.14. The van der Waals surface area contributed by atoms with Crippen LogP contribution in [0.3, 0.4) is 0 Å². The van der Waals surface area contributed by atoms with Gasteiger partial charge in [-0.1, -0.05) is 6.07 Å².